The van der Waals surface area contributed by atoms with Gasteiger partial charge in [0.1, 0.15) is 13.2 Å². The molecule has 2 aromatic heterocycles. The summed E-state index contributed by atoms with van der Waals surface area (Å²) in [6.45, 7) is 2.77. The van der Waals surface area contributed by atoms with Gasteiger partial charge in [-0.25, -0.2) is 4.68 Å². The molecule has 1 aliphatic heterocycles. The molecular formula is C24H25N5O2. The van der Waals surface area contributed by atoms with Crippen molar-refractivity contribution in [1.82, 2.24) is 24.5 Å². The van der Waals surface area contributed by atoms with Gasteiger partial charge in [0.15, 0.2) is 11.5 Å². The lowest BCUT2D eigenvalue weighted by molar-refractivity contribution is 0.171. The fourth-order valence-corrected chi connectivity index (χ4v) is 3.96. The number of benzene rings is 2. The van der Waals surface area contributed by atoms with E-state index in [0.717, 1.165) is 41.5 Å². The number of ether oxygens (including phenoxy) is 2. The third kappa shape index (κ3) is 4.18. The molecule has 158 valence electrons. The van der Waals surface area contributed by atoms with Crippen LogP contribution in [0.4, 0.5) is 0 Å². The highest BCUT2D eigenvalue weighted by Gasteiger charge is 2.17. The maximum Gasteiger partial charge on any atom is 0.162 e. The summed E-state index contributed by atoms with van der Waals surface area (Å²) in [4.78, 5) is 2.29. The van der Waals surface area contributed by atoms with E-state index in [2.05, 4.69) is 47.5 Å². The van der Waals surface area contributed by atoms with Gasteiger partial charge in [-0.1, -0.05) is 12.1 Å². The van der Waals surface area contributed by atoms with Crippen LogP contribution < -0.4 is 9.47 Å². The highest BCUT2D eigenvalue weighted by molar-refractivity contribution is 5.66. The molecule has 0 fully saturated rings. The zero-order chi connectivity index (χ0) is 21.2. The van der Waals surface area contributed by atoms with Crippen LogP contribution in [-0.4, -0.2) is 44.7 Å². The van der Waals surface area contributed by atoms with Gasteiger partial charge in [-0.3, -0.25) is 9.58 Å². The van der Waals surface area contributed by atoms with Crippen LogP contribution in [0.1, 0.15) is 11.1 Å². The molecule has 0 radical (unpaired) electrons. The summed E-state index contributed by atoms with van der Waals surface area (Å²) in [5.41, 5.74) is 5.48. The van der Waals surface area contributed by atoms with Gasteiger partial charge in [0.2, 0.25) is 0 Å². The highest BCUT2D eigenvalue weighted by Crippen LogP contribution is 2.35. The van der Waals surface area contributed by atoms with Gasteiger partial charge in [-0.2, -0.15) is 10.2 Å². The topological polar surface area (TPSA) is 57.3 Å². The molecule has 3 heterocycles. The predicted octanol–water partition coefficient (Wildman–Crippen LogP) is 3.68. The molecule has 0 unspecified atom stereocenters. The van der Waals surface area contributed by atoms with Gasteiger partial charge in [0, 0.05) is 49.9 Å². The van der Waals surface area contributed by atoms with E-state index in [9.17, 15) is 0 Å². The minimum atomic E-state index is 0.575. The maximum absolute atomic E-state index is 5.76. The Morgan fingerprint density at radius 3 is 2.71 bits per heavy atom. The van der Waals surface area contributed by atoms with Crippen molar-refractivity contribution in [2.75, 3.05) is 20.3 Å². The van der Waals surface area contributed by atoms with Gasteiger partial charge in [0.05, 0.1) is 11.4 Å². The molecule has 7 nitrogen and oxygen atoms in total. The minimum Gasteiger partial charge on any atom is -0.486 e. The van der Waals surface area contributed by atoms with Crippen molar-refractivity contribution in [2.45, 2.75) is 13.1 Å². The molecule has 0 N–H and O–H groups in total. The number of aromatic nitrogens is 4. The Balaban J connectivity index is 1.35. The Hall–Kier alpha value is -3.58. The number of hydrogen-bond donors (Lipinski definition) is 0. The third-order valence-corrected chi connectivity index (χ3v) is 5.29. The molecule has 2 aromatic carbocycles. The van der Waals surface area contributed by atoms with E-state index in [4.69, 9.17) is 14.6 Å². The number of hydrogen-bond acceptors (Lipinski definition) is 5. The lowest BCUT2D eigenvalue weighted by Crippen LogP contribution is -2.17. The second kappa shape index (κ2) is 8.28. The van der Waals surface area contributed by atoms with Gasteiger partial charge >= 0.3 is 0 Å². The number of rotatable bonds is 6. The Labute approximate surface area is 181 Å². The normalized spacial score (nSPS) is 13.0. The van der Waals surface area contributed by atoms with Crippen LogP contribution in [0.5, 0.6) is 11.5 Å². The first-order valence-electron chi connectivity index (χ1n) is 10.4. The summed E-state index contributed by atoms with van der Waals surface area (Å²) in [5, 5.41) is 9.05. The van der Waals surface area contributed by atoms with E-state index in [1.54, 1.807) is 6.20 Å². The molecule has 0 amide bonds. The SMILES string of the molecule is CN(Cc1cccc(-n2cccn2)c1)Cc1cn(C)nc1-c1ccc2c(c1)OCCO2. The molecule has 0 saturated heterocycles. The van der Waals surface area contributed by atoms with E-state index < -0.39 is 0 Å². The number of fused-ring (bicyclic) bond motifs is 1. The van der Waals surface area contributed by atoms with Crippen molar-refractivity contribution in [3.8, 4) is 28.4 Å². The van der Waals surface area contributed by atoms with E-state index in [-0.39, 0.29) is 0 Å². The summed E-state index contributed by atoms with van der Waals surface area (Å²) < 4.78 is 15.2. The van der Waals surface area contributed by atoms with E-state index >= 15 is 0 Å². The monoisotopic (exact) mass is 415 g/mol. The highest BCUT2D eigenvalue weighted by atomic mass is 16.6. The first-order valence-corrected chi connectivity index (χ1v) is 10.4. The van der Waals surface area contributed by atoms with Crippen molar-refractivity contribution in [2.24, 2.45) is 7.05 Å². The Bertz CT molecular complexity index is 1180. The van der Waals surface area contributed by atoms with Gasteiger partial charge in [-0.05, 0) is 49.0 Å². The van der Waals surface area contributed by atoms with Crippen LogP contribution in [0.15, 0.2) is 67.1 Å². The Kier molecular flexibility index (Phi) is 5.18. The summed E-state index contributed by atoms with van der Waals surface area (Å²) in [6, 6.07) is 16.4. The van der Waals surface area contributed by atoms with E-state index in [1.165, 1.54) is 11.1 Å². The second-order valence-corrected chi connectivity index (χ2v) is 7.83. The third-order valence-electron chi connectivity index (χ3n) is 5.29. The molecule has 0 spiro atoms. The first kappa shape index (κ1) is 19.4. The van der Waals surface area contributed by atoms with Crippen LogP contribution in [-0.2, 0) is 20.1 Å². The van der Waals surface area contributed by atoms with Gasteiger partial charge in [-0.15, -0.1) is 0 Å². The number of aryl methyl sites for hydroxylation is 1. The lowest BCUT2D eigenvalue weighted by Gasteiger charge is -2.19. The zero-order valence-corrected chi connectivity index (χ0v) is 17.7. The predicted molar refractivity (Wildman–Crippen MR) is 118 cm³/mol. The van der Waals surface area contributed by atoms with Crippen molar-refractivity contribution in [1.29, 1.82) is 0 Å². The largest absolute Gasteiger partial charge is 0.486 e. The molecule has 0 aliphatic carbocycles. The van der Waals surface area contributed by atoms with Crippen LogP contribution in [0.25, 0.3) is 16.9 Å². The summed E-state index contributed by atoms with van der Waals surface area (Å²) in [5.74, 6) is 1.57. The van der Waals surface area contributed by atoms with Crippen LogP contribution in [0, 0.1) is 0 Å². The molecule has 7 heteroatoms. The standard InChI is InChI=1S/C24H25N5O2/c1-27(15-18-5-3-6-21(13-18)29-10-4-9-25-29)16-20-17-28(2)26-24(20)19-7-8-22-23(14-19)31-12-11-30-22/h3-10,13-14,17H,11-12,15-16H2,1-2H3. The van der Waals surface area contributed by atoms with Crippen LogP contribution >= 0.6 is 0 Å². The van der Waals surface area contributed by atoms with Crippen molar-refractivity contribution in [3.63, 3.8) is 0 Å². The fourth-order valence-electron chi connectivity index (χ4n) is 3.96. The molecule has 31 heavy (non-hydrogen) atoms. The minimum absolute atomic E-state index is 0.575. The molecule has 0 saturated carbocycles. The Morgan fingerprint density at radius 2 is 1.87 bits per heavy atom. The molecule has 0 atom stereocenters. The maximum atomic E-state index is 5.76. The molecule has 0 bridgehead atoms. The van der Waals surface area contributed by atoms with Crippen molar-refractivity contribution < 1.29 is 9.47 Å². The lowest BCUT2D eigenvalue weighted by atomic mass is 10.1. The summed E-state index contributed by atoms with van der Waals surface area (Å²) in [6.07, 6.45) is 5.83. The van der Waals surface area contributed by atoms with E-state index in [0.29, 0.717) is 13.2 Å². The summed E-state index contributed by atoms with van der Waals surface area (Å²) in [7, 11) is 4.08. The molecule has 5 rings (SSSR count). The van der Waals surface area contributed by atoms with Crippen molar-refractivity contribution >= 4 is 0 Å². The van der Waals surface area contributed by atoms with Gasteiger partial charge < -0.3 is 9.47 Å². The summed E-state index contributed by atoms with van der Waals surface area (Å²) >= 11 is 0. The molecular weight excluding hydrogens is 390 g/mol. The Morgan fingerprint density at radius 1 is 1.00 bits per heavy atom. The quantitative estimate of drug-likeness (QED) is 0.481. The first-order chi connectivity index (χ1) is 15.2. The second-order valence-electron chi connectivity index (χ2n) is 7.83. The fraction of sp³-hybridized carbons (Fsp3) is 0.250. The van der Waals surface area contributed by atoms with Crippen molar-refractivity contribution in [3.05, 3.63) is 78.2 Å². The smallest absolute Gasteiger partial charge is 0.162 e. The van der Waals surface area contributed by atoms with Crippen LogP contribution in [0.3, 0.4) is 0 Å². The zero-order valence-electron chi connectivity index (χ0n) is 17.7. The van der Waals surface area contributed by atoms with Gasteiger partial charge in [0.25, 0.3) is 0 Å². The van der Waals surface area contributed by atoms with Crippen LogP contribution in [0.2, 0.25) is 0 Å². The molecule has 4 aromatic rings. The average Bonchev–Trinajstić information content (AvgIpc) is 3.43. The molecule has 1 aliphatic rings. The number of nitrogens with zero attached hydrogens (tertiary/aromatic N) is 5. The average molecular weight is 415 g/mol. The van der Waals surface area contributed by atoms with E-state index in [1.807, 2.05) is 46.9 Å².